The number of anilines is 1. The number of unbranched alkanes of at least 4 members (excludes halogenated alkanes) is 1. The number of benzene rings is 1. The van der Waals surface area contributed by atoms with Crippen molar-refractivity contribution in [1.82, 2.24) is 0 Å². The Morgan fingerprint density at radius 1 is 1.50 bits per heavy atom. The minimum absolute atomic E-state index is 0.0357. The Hall–Kier alpha value is -0.780. The summed E-state index contributed by atoms with van der Waals surface area (Å²) in [6, 6.07) is 3.29. The fourth-order valence-corrected chi connectivity index (χ4v) is 2.30. The highest BCUT2D eigenvalue weighted by molar-refractivity contribution is 14.1. The molecule has 0 unspecified atom stereocenters. The number of nitrogens with one attached hydrogen (secondary N) is 1. The first-order chi connectivity index (χ1) is 7.54. The molecule has 0 radical (unpaired) electrons. The van der Waals surface area contributed by atoms with Gasteiger partial charge in [0, 0.05) is 9.99 Å². The number of carbonyl (C=O) groups excluding carboxylic acids is 1. The highest BCUT2D eigenvalue weighted by atomic mass is 127. The van der Waals surface area contributed by atoms with Crippen molar-refractivity contribution in [3.63, 3.8) is 0 Å². The number of rotatable bonds is 4. The second-order valence-electron chi connectivity index (χ2n) is 3.77. The van der Waals surface area contributed by atoms with Gasteiger partial charge in [-0.1, -0.05) is 13.3 Å². The van der Waals surface area contributed by atoms with Crippen molar-refractivity contribution in [1.29, 1.82) is 0 Å². The summed E-state index contributed by atoms with van der Waals surface area (Å²) in [6.45, 7) is 3.93. The van der Waals surface area contributed by atoms with Crippen LogP contribution in [0.15, 0.2) is 12.1 Å². The molecule has 1 aromatic rings. The second-order valence-corrected chi connectivity index (χ2v) is 4.93. The fraction of sp³-hybridized carbons (Fsp3) is 0.417. The van der Waals surface area contributed by atoms with E-state index in [4.69, 9.17) is 0 Å². The van der Waals surface area contributed by atoms with Gasteiger partial charge in [0.25, 0.3) is 0 Å². The molecule has 0 heterocycles. The van der Waals surface area contributed by atoms with E-state index in [1.165, 1.54) is 0 Å². The standard InChI is InChI=1S/C12H16INO2/c1-3-4-5-11(16)14-12-8(2)6-9(15)7-10(12)13/h6-7,15H,3-5H2,1-2H3,(H,14,16). The van der Waals surface area contributed by atoms with Gasteiger partial charge in [-0.2, -0.15) is 0 Å². The molecule has 0 fully saturated rings. The first-order valence-corrected chi connectivity index (χ1v) is 6.41. The van der Waals surface area contributed by atoms with Gasteiger partial charge in [0.1, 0.15) is 5.75 Å². The molecule has 0 saturated heterocycles. The zero-order chi connectivity index (χ0) is 12.1. The fourth-order valence-electron chi connectivity index (χ4n) is 1.42. The van der Waals surface area contributed by atoms with E-state index in [1.807, 2.05) is 6.92 Å². The van der Waals surface area contributed by atoms with Crippen LogP contribution in [0.4, 0.5) is 5.69 Å². The summed E-state index contributed by atoms with van der Waals surface area (Å²) >= 11 is 2.11. The van der Waals surface area contributed by atoms with Crippen molar-refractivity contribution in [2.24, 2.45) is 0 Å². The lowest BCUT2D eigenvalue weighted by atomic mass is 10.1. The van der Waals surface area contributed by atoms with E-state index in [9.17, 15) is 9.90 Å². The Morgan fingerprint density at radius 2 is 2.19 bits per heavy atom. The molecule has 1 rings (SSSR count). The minimum atomic E-state index is 0.0357. The predicted molar refractivity (Wildman–Crippen MR) is 73.7 cm³/mol. The third kappa shape index (κ3) is 3.66. The Morgan fingerprint density at radius 3 is 2.75 bits per heavy atom. The number of hydrogen-bond donors (Lipinski definition) is 2. The molecule has 0 saturated carbocycles. The van der Waals surface area contributed by atoms with Gasteiger partial charge in [0.2, 0.25) is 5.91 Å². The van der Waals surface area contributed by atoms with E-state index < -0.39 is 0 Å². The quantitative estimate of drug-likeness (QED) is 0.655. The third-order valence-electron chi connectivity index (χ3n) is 2.29. The Labute approximate surface area is 109 Å². The van der Waals surface area contributed by atoms with Crippen LogP contribution in [0.2, 0.25) is 0 Å². The molecule has 2 N–H and O–H groups in total. The smallest absolute Gasteiger partial charge is 0.224 e. The van der Waals surface area contributed by atoms with Gasteiger partial charge in [-0.25, -0.2) is 0 Å². The van der Waals surface area contributed by atoms with Crippen LogP contribution in [-0.4, -0.2) is 11.0 Å². The monoisotopic (exact) mass is 333 g/mol. The number of carbonyl (C=O) groups is 1. The number of halogens is 1. The van der Waals surface area contributed by atoms with E-state index in [1.54, 1.807) is 12.1 Å². The number of phenolic OH excluding ortho intramolecular Hbond substituents is 1. The molecule has 88 valence electrons. The highest BCUT2D eigenvalue weighted by Gasteiger charge is 2.09. The normalized spacial score (nSPS) is 10.2. The SMILES string of the molecule is CCCCC(=O)Nc1c(C)cc(O)cc1I. The molecule has 0 aliphatic rings. The van der Waals surface area contributed by atoms with Crippen LogP contribution in [0.3, 0.4) is 0 Å². The maximum Gasteiger partial charge on any atom is 0.224 e. The Balaban J connectivity index is 2.77. The van der Waals surface area contributed by atoms with Gasteiger partial charge >= 0.3 is 0 Å². The van der Waals surface area contributed by atoms with E-state index in [2.05, 4.69) is 34.8 Å². The lowest BCUT2D eigenvalue weighted by molar-refractivity contribution is -0.116. The second kappa shape index (κ2) is 6.08. The summed E-state index contributed by atoms with van der Waals surface area (Å²) in [5, 5.41) is 12.3. The zero-order valence-corrected chi connectivity index (χ0v) is 11.7. The Bertz CT molecular complexity index is 368. The van der Waals surface area contributed by atoms with Crippen molar-refractivity contribution in [2.45, 2.75) is 33.1 Å². The lowest BCUT2D eigenvalue weighted by Gasteiger charge is -2.11. The van der Waals surface area contributed by atoms with Crippen LogP contribution in [0.5, 0.6) is 5.75 Å². The molecular weight excluding hydrogens is 317 g/mol. The summed E-state index contributed by atoms with van der Waals surface area (Å²) in [5.41, 5.74) is 1.69. The van der Waals surface area contributed by atoms with Gasteiger partial charge in [0.15, 0.2) is 0 Å². The Kier molecular flexibility index (Phi) is 5.05. The van der Waals surface area contributed by atoms with Crippen molar-refractivity contribution in [2.75, 3.05) is 5.32 Å². The van der Waals surface area contributed by atoms with E-state index >= 15 is 0 Å². The molecule has 0 aliphatic heterocycles. The van der Waals surface area contributed by atoms with Gasteiger partial charge in [-0.3, -0.25) is 4.79 Å². The van der Waals surface area contributed by atoms with E-state index in [0.717, 1.165) is 27.7 Å². The average Bonchev–Trinajstić information content (AvgIpc) is 2.20. The molecule has 1 amide bonds. The van der Waals surface area contributed by atoms with Crippen molar-refractivity contribution in [3.8, 4) is 5.75 Å². The number of amides is 1. The van der Waals surface area contributed by atoms with Crippen LogP contribution in [0, 0.1) is 10.5 Å². The topological polar surface area (TPSA) is 49.3 Å². The maximum absolute atomic E-state index is 11.6. The number of hydrogen-bond acceptors (Lipinski definition) is 2. The first kappa shape index (κ1) is 13.3. The molecule has 3 nitrogen and oxygen atoms in total. The molecule has 0 atom stereocenters. The third-order valence-corrected chi connectivity index (χ3v) is 3.14. The summed E-state index contributed by atoms with van der Waals surface area (Å²) in [7, 11) is 0. The van der Waals surface area contributed by atoms with Crippen molar-refractivity contribution in [3.05, 3.63) is 21.3 Å². The van der Waals surface area contributed by atoms with Gasteiger partial charge < -0.3 is 10.4 Å². The molecule has 0 spiro atoms. The highest BCUT2D eigenvalue weighted by Crippen LogP contribution is 2.27. The molecule has 0 aliphatic carbocycles. The molecule has 0 aromatic heterocycles. The maximum atomic E-state index is 11.6. The van der Waals surface area contributed by atoms with Gasteiger partial charge in [-0.05, 0) is 53.6 Å². The van der Waals surface area contributed by atoms with Crippen LogP contribution >= 0.6 is 22.6 Å². The van der Waals surface area contributed by atoms with E-state index in [0.29, 0.717) is 6.42 Å². The van der Waals surface area contributed by atoms with E-state index in [-0.39, 0.29) is 11.7 Å². The van der Waals surface area contributed by atoms with Gasteiger partial charge in [-0.15, -0.1) is 0 Å². The van der Waals surface area contributed by atoms with Crippen LogP contribution in [0.1, 0.15) is 31.7 Å². The number of aromatic hydroxyl groups is 1. The van der Waals surface area contributed by atoms with Crippen molar-refractivity contribution < 1.29 is 9.90 Å². The largest absolute Gasteiger partial charge is 0.508 e. The van der Waals surface area contributed by atoms with Gasteiger partial charge in [0.05, 0.1) is 5.69 Å². The molecule has 0 bridgehead atoms. The number of phenols is 1. The molecular formula is C12H16INO2. The molecule has 4 heteroatoms. The summed E-state index contributed by atoms with van der Waals surface area (Å²) < 4.78 is 0.861. The summed E-state index contributed by atoms with van der Waals surface area (Å²) in [6.07, 6.45) is 2.46. The van der Waals surface area contributed by atoms with Crippen LogP contribution < -0.4 is 5.32 Å². The summed E-state index contributed by atoms with van der Waals surface area (Å²) in [4.78, 5) is 11.6. The molecule has 16 heavy (non-hydrogen) atoms. The zero-order valence-electron chi connectivity index (χ0n) is 9.51. The average molecular weight is 333 g/mol. The minimum Gasteiger partial charge on any atom is -0.508 e. The van der Waals surface area contributed by atoms with Crippen LogP contribution in [-0.2, 0) is 4.79 Å². The predicted octanol–water partition coefficient (Wildman–Crippen LogP) is 3.43. The number of aryl methyl sites for hydroxylation is 1. The first-order valence-electron chi connectivity index (χ1n) is 5.33. The van der Waals surface area contributed by atoms with Crippen molar-refractivity contribution >= 4 is 34.2 Å². The molecule has 1 aromatic carbocycles. The summed E-state index contributed by atoms with van der Waals surface area (Å²) in [5.74, 6) is 0.266. The van der Waals surface area contributed by atoms with Crippen LogP contribution in [0.25, 0.3) is 0 Å². The lowest BCUT2D eigenvalue weighted by Crippen LogP contribution is -2.13.